The van der Waals surface area contributed by atoms with Crippen molar-refractivity contribution >= 4 is 32.5 Å². The summed E-state index contributed by atoms with van der Waals surface area (Å²) in [6.07, 6.45) is 1.89. The molecule has 8 heteroatoms. The van der Waals surface area contributed by atoms with Crippen LogP contribution in [0.25, 0.3) is 0 Å². The number of carboxylic acids is 1. The summed E-state index contributed by atoms with van der Waals surface area (Å²) in [7, 11) is -3.58. The largest absolute Gasteiger partial charge is 0.477 e. The first-order chi connectivity index (χ1) is 8.88. The number of anilines is 1. The monoisotopic (exact) mass is 304 g/mol. The van der Waals surface area contributed by atoms with E-state index in [-0.39, 0.29) is 4.88 Å². The van der Waals surface area contributed by atoms with Crippen molar-refractivity contribution in [2.45, 2.75) is 19.8 Å². The van der Waals surface area contributed by atoms with Gasteiger partial charge in [-0.2, -0.15) is 12.7 Å². The van der Waals surface area contributed by atoms with Crippen LogP contribution >= 0.6 is 11.3 Å². The Morgan fingerprint density at radius 3 is 2.84 bits per heavy atom. The molecule has 0 spiro atoms. The molecule has 6 nitrogen and oxygen atoms in total. The molecule has 0 amide bonds. The zero-order chi connectivity index (χ0) is 14.0. The van der Waals surface area contributed by atoms with Crippen LogP contribution in [-0.2, 0) is 10.2 Å². The van der Waals surface area contributed by atoms with Crippen molar-refractivity contribution in [2.24, 2.45) is 5.92 Å². The number of piperidine rings is 1. The third kappa shape index (κ3) is 3.46. The molecule has 19 heavy (non-hydrogen) atoms. The predicted octanol–water partition coefficient (Wildman–Crippen LogP) is 1.83. The molecule has 0 radical (unpaired) electrons. The van der Waals surface area contributed by atoms with Crippen molar-refractivity contribution in [1.29, 1.82) is 0 Å². The summed E-state index contributed by atoms with van der Waals surface area (Å²) in [6, 6.07) is 2.86. The lowest BCUT2D eigenvalue weighted by Gasteiger charge is -2.29. The molecule has 1 fully saturated rings. The maximum atomic E-state index is 12.2. The van der Waals surface area contributed by atoms with E-state index < -0.39 is 16.2 Å². The van der Waals surface area contributed by atoms with Crippen LogP contribution in [0.4, 0.5) is 5.00 Å². The number of thiophene rings is 1. The van der Waals surface area contributed by atoms with Crippen molar-refractivity contribution in [3.63, 3.8) is 0 Å². The number of hydrogen-bond donors (Lipinski definition) is 2. The van der Waals surface area contributed by atoms with Gasteiger partial charge in [-0.1, -0.05) is 6.92 Å². The summed E-state index contributed by atoms with van der Waals surface area (Å²) in [6.45, 7) is 3.04. The smallest absolute Gasteiger partial charge is 0.345 e. The van der Waals surface area contributed by atoms with Crippen molar-refractivity contribution in [1.82, 2.24) is 4.31 Å². The fraction of sp³-hybridized carbons (Fsp3) is 0.545. The molecule has 1 aliphatic heterocycles. The van der Waals surface area contributed by atoms with Gasteiger partial charge in [-0.15, -0.1) is 11.3 Å². The fourth-order valence-electron chi connectivity index (χ4n) is 2.06. The summed E-state index contributed by atoms with van der Waals surface area (Å²) in [5.41, 5.74) is 0. The number of aromatic carboxylic acids is 1. The number of nitrogens with one attached hydrogen (secondary N) is 1. The molecule has 2 heterocycles. The molecular weight excluding hydrogens is 288 g/mol. The lowest BCUT2D eigenvalue weighted by molar-refractivity contribution is 0.0702. The number of hydrogen-bond acceptors (Lipinski definition) is 4. The van der Waals surface area contributed by atoms with Crippen LogP contribution in [0.5, 0.6) is 0 Å². The van der Waals surface area contributed by atoms with Crippen molar-refractivity contribution in [2.75, 3.05) is 17.8 Å². The first kappa shape index (κ1) is 14.3. The van der Waals surface area contributed by atoms with Gasteiger partial charge in [0.25, 0.3) is 0 Å². The van der Waals surface area contributed by atoms with Gasteiger partial charge in [0.05, 0.1) is 0 Å². The standard InChI is InChI=1S/C11H16N2O4S2/c1-8-3-2-6-13(7-8)19(16,17)12-10-5-4-9(18-10)11(14)15/h4-5,8,12H,2-3,6-7H2,1H3,(H,14,15). The molecule has 0 bridgehead atoms. The average Bonchev–Trinajstić information content (AvgIpc) is 2.77. The van der Waals surface area contributed by atoms with Gasteiger partial charge >= 0.3 is 16.2 Å². The number of carbonyl (C=O) groups is 1. The highest BCUT2D eigenvalue weighted by Gasteiger charge is 2.27. The van der Waals surface area contributed by atoms with Crippen LogP contribution in [0.1, 0.15) is 29.4 Å². The third-order valence-corrected chi connectivity index (χ3v) is 5.61. The predicted molar refractivity (Wildman–Crippen MR) is 73.8 cm³/mol. The Morgan fingerprint density at radius 2 is 2.26 bits per heavy atom. The Kier molecular flexibility index (Phi) is 4.12. The molecule has 0 saturated carbocycles. The van der Waals surface area contributed by atoms with E-state index in [1.54, 1.807) is 0 Å². The molecule has 1 aromatic rings. The normalized spacial score (nSPS) is 21.2. The second kappa shape index (κ2) is 5.48. The highest BCUT2D eigenvalue weighted by molar-refractivity contribution is 7.90. The Balaban J connectivity index is 2.09. The fourth-order valence-corrected chi connectivity index (χ4v) is 4.41. The van der Waals surface area contributed by atoms with Crippen molar-refractivity contribution < 1.29 is 18.3 Å². The van der Waals surface area contributed by atoms with Crippen LogP contribution in [0.2, 0.25) is 0 Å². The van der Waals surface area contributed by atoms with Crippen LogP contribution < -0.4 is 4.72 Å². The van der Waals surface area contributed by atoms with Crippen LogP contribution in [0, 0.1) is 5.92 Å². The van der Waals surface area contributed by atoms with Crippen molar-refractivity contribution in [3.8, 4) is 0 Å². The van der Waals surface area contributed by atoms with E-state index >= 15 is 0 Å². The first-order valence-corrected chi connectivity index (χ1v) is 8.25. The second-order valence-corrected chi connectivity index (χ2v) is 7.44. The maximum absolute atomic E-state index is 12.2. The van der Waals surface area contributed by atoms with E-state index in [4.69, 9.17) is 5.11 Å². The maximum Gasteiger partial charge on any atom is 0.345 e. The second-order valence-electron chi connectivity index (χ2n) is 4.68. The SMILES string of the molecule is CC1CCCN(S(=O)(=O)Nc2ccc(C(=O)O)s2)C1. The van der Waals surface area contributed by atoms with E-state index in [2.05, 4.69) is 4.72 Å². The highest BCUT2D eigenvalue weighted by atomic mass is 32.2. The third-order valence-electron chi connectivity index (χ3n) is 3.01. The van der Waals surface area contributed by atoms with Crippen LogP contribution in [0.3, 0.4) is 0 Å². The number of carboxylic acid groups (broad SMARTS) is 1. The Bertz CT molecular complexity index is 567. The number of rotatable bonds is 4. The van der Waals surface area contributed by atoms with Gasteiger partial charge in [-0.3, -0.25) is 4.72 Å². The summed E-state index contributed by atoms with van der Waals surface area (Å²) in [5.74, 6) is -0.703. The highest BCUT2D eigenvalue weighted by Crippen LogP contribution is 2.25. The van der Waals surface area contributed by atoms with Crippen LogP contribution in [0.15, 0.2) is 12.1 Å². The molecular formula is C11H16N2O4S2. The number of nitrogens with zero attached hydrogens (tertiary/aromatic N) is 1. The molecule has 1 atom stereocenters. The molecule has 1 unspecified atom stereocenters. The van der Waals surface area contributed by atoms with Gasteiger partial charge in [0.1, 0.15) is 9.88 Å². The molecule has 0 aliphatic carbocycles. The van der Waals surface area contributed by atoms with Gasteiger partial charge in [0.2, 0.25) is 0 Å². The minimum absolute atomic E-state index is 0.115. The van der Waals surface area contributed by atoms with E-state index in [1.807, 2.05) is 6.92 Å². The van der Waals surface area contributed by atoms with Gasteiger partial charge in [-0.25, -0.2) is 4.79 Å². The molecule has 1 saturated heterocycles. The minimum atomic E-state index is -3.58. The Morgan fingerprint density at radius 1 is 1.53 bits per heavy atom. The summed E-state index contributed by atoms with van der Waals surface area (Å²) < 4.78 is 28.2. The van der Waals surface area contributed by atoms with E-state index in [0.717, 1.165) is 24.2 Å². The molecule has 2 rings (SSSR count). The van der Waals surface area contributed by atoms with Gasteiger partial charge in [-0.05, 0) is 30.9 Å². The Hall–Kier alpha value is -1.12. The zero-order valence-corrected chi connectivity index (χ0v) is 12.1. The topological polar surface area (TPSA) is 86.7 Å². The van der Waals surface area contributed by atoms with E-state index in [9.17, 15) is 13.2 Å². The van der Waals surface area contributed by atoms with Gasteiger partial charge < -0.3 is 5.11 Å². The molecule has 0 aromatic carbocycles. The van der Waals surface area contributed by atoms with E-state index in [0.29, 0.717) is 24.0 Å². The Labute approximate surface area is 116 Å². The molecule has 1 aromatic heterocycles. The van der Waals surface area contributed by atoms with E-state index in [1.165, 1.54) is 16.4 Å². The summed E-state index contributed by atoms with van der Waals surface area (Å²) in [4.78, 5) is 10.9. The molecule has 106 valence electrons. The van der Waals surface area contributed by atoms with Gasteiger partial charge in [0, 0.05) is 13.1 Å². The quantitative estimate of drug-likeness (QED) is 0.888. The zero-order valence-electron chi connectivity index (χ0n) is 10.5. The van der Waals surface area contributed by atoms with Gasteiger partial charge in [0.15, 0.2) is 0 Å². The first-order valence-electron chi connectivity index (χ1n) is 5.99. The minimum Gasteiger partial charge on any atom is -0.477 e. The van der Waals surface area contributed by atoms with Crippen molar-refractivity contribution in [3.05, 3.63) is 17.0 Å². The lowest BCUT2D eigenvalue weighted by Crippen LogP contribution is -2.42. The summed E-state index contributed by atoms with van der Waals surface area (Å²) in [5, 5.41) is 9.13. The summed E-state index contributed by atoms with van der Waals surface area (Å²) >= 11 is 0.916. The lowest BCUT2D eigenvalue weighted by atomic mass is 10.0. The molecule has 2 N–H and O–H groups in total. The van der Waals surface area contributed by atoms with Crippen LogP contribution in [-0.4, -0.2) is 36.9 Å². The average molecular weight is 304 g/mol. The molecule has 1 aliphatic rings.